The molecule has 0 N–H and O–H groups in total. The zero-order valence-corrected chi connectivity index (χ0v) is 11.6. The molecule has 0 aromatic carbocycles. The quantitative estimate of drug-likeness (QED) is 0.717. The standard InChI is InChI=1S/C17H23N/c1-11-12(2)14(4)18(13(11)3)8-7-17-10-15-5-6-16(17)9-15/h5-6,15-17H,3-4,7-10H2,1-2H3. The van der Waals surface area contributed by atoms with Crippen molar-refractivity contribution in [1.82, 2.24) is 4.57 Å². The third-order valence-corrected chi connectivity index (χ3v) is 5.22. The topological polar surface area (TPSA) is 4.93 Å². The van der Waals surface area contributed by atoms with E-state index in [1.54, 1.807) is 0 Å². The van der Waals surface area contributed by atoms with Gasteiger partial charge < -0.3 is 4.57 Å². The third kappa shape index (κ3) is 1.68. The minimum atomic E-state index is 0.856. The summed E-state index contributed by atoms with van der Waals surface area (Å²) in [5.74, 6) is 2.63. The van der Waals surface area contributed by atoms with Crippen molar-refractivity contribution in [2.75, 3.05) is 0 Å². The molecular formula is C17H23N. The summed E-state index contributed by atoms with van der Waals surface area (Å²) in [7, 11) is 0. The number of hydrogen-bond acceptors (Lipinski definition) is 0. The van der Waals surface area contributed by atoms with Gasteiger partial charge >= 0.3 is 0 Å². The number of allylic oxidation sites excluding steroid dienone is 2. The first-order valence-electron chi connectivity index (χ1n) is 7.10. The minimum absolute atomic E-state index is 0.856. The Kier molecular flexibility index (Phi) is 2.73. The average Bonchev–Trinajstić information content (AvgIpc) is 3.02. The molecule has 0 aliphatic heterocycles. The smallest absolute Gasteiger partial charge is 0.0370 e. The van der Waals surface area contributed by atoms with Crippen LogP contribution in [0.4, 0.5) is 0 Å². The van der Waals surface area contributed by atoms with Gasteiger partial charge in [-0.1, -0.05) is 25.3 Å². The summed E-state index contributed by atoms with van der Waals surface area (Å²) in [6, 6.07) is 0. The van der Waals surface area contributed by atoms with Gasteiger partial charge in [-0.3, -0.25) is 0 Å². The van der Waals surface area contributed by atoms with Crippen molar-refractivity contribution in [2.45, 2.75) is 39.7 Å². The van der Waals surface area contributed by atoms with E-state index >= 15 is 0 Å². The van der Waals surface area contributed by atoms with Gasteiger partial charge in [0, 0.05) is 17.2 Å². The summed E-state index contributed by atoms with van der Waals surface area (Å²) in [6.45, 7) is 13.8. The molecule has 1 nitrogen and oxygen atoms in total. The van der Waals surface area contributed by atoms with Crippen LogP contribution < -0.4 is 10.7 Å². The molecule has 3 rings (SSSR count). The first kappa shape index (κ1) is 11.8. The van der Waals surface area contributed by atoms with Crippen molar-refractivity contribution in [3.63, 3.8) is 0 Å². The average molecular weight is 241 g/mol. The van der Waals surface area contributed by atoms with Gasteiger partial charge in [0.1, 0.15) is 0 Å². The van der Waals surface area contributed by atoms with Crippen LogP contribution in [0.2, 0.25) is 0 Å². The summed E-state index contributed by atoms with van der Waals surface area (Å²) in [6.07, 6.45) is 8.96. The third-order valence-electron chi connectivity index (χ3n) is 5.22. The van der Waals surface area contributed by atoms with E-state index in [2.05, 4.69) is 43.7 Å². The van der Waals surface area contributed by atoms with E-state index in [0.717, 1.165) is 35.0 Å². The lowest BCUT2D eigenvalue weighted by molar-refractivity contribution is 0.385. The lowest BCUT2D eigenvalue weighted by Gasteiger charge is -2.18. The fraction of sp³-hybridized carbons (Fsp3) is 0.529. The van der Waals surface area contributed by atoms with Crippen LogP contribution in [0.3, 0.4) is 0 Å². The zero-order valence-electron chi connectivity index (χ0n) is 11.6. The summed E-state index contributed by atoms with van der Waals surface area (Å²) < 4.78 is 2.32. The molecule has 96 valence electrons. The predicted molar refractivity (Wildman–Crippen MR) is 77.7 cm³/mol. The van der Waals surface area contributed by atoms with Gasteiger partial charge in [-0.15, -0.1) is 0 Å². The lowest BCUT2D eigenvalue weighted by Crippen LogP contribution is -2.27. The maximum atomic E-state index is 4.20. The van der Waals surface area contributed by atoms with Crippen LogP contribution in [-0.2, 0) is 6.54 Å². The van der Waals surface area contributed by atoms with Crippen LogP contribution in [0.25, 0.3) is 13.2 Å². The Bertz CT molecular complexity index is 557. The maximum absolute atomic E-state index is 4.20. The van der Waals surface area contributed by atoms with Crippen molar-refractivity contribution in [1.29, 1.82) is 0 Å². The van der Waals surface area contributed by atoms with Crippen LogP contribution >= 0.6 is 0 Å². The number of fused-ring (bicyclic) bond motifs is 2. The van der Waals surface area contributed by atoms with Gasteiger partial charge in [-0.2, -0.15) is 0 Å². The molecule has 0 radical (unpaired) electrons. The van der Waals surface area contributed by atoms with Crippen LogP contribution in [0.15, 0.2) is 12.2 Å². The highest BCUT2D eigenvalue weighted by molar-refractivity contribution is 5.28. The molecule has 1 saturated carbocycles. The van der Waals surface area contributed by atoms with Crippen molar-refractivity contribution in [3.05, 3.63) is 34.0 Å². The molecule has 0 amide bonds. The Hall–Kier alpha value is -1.24. The molecule has 1 aromatic heterocycles. The molecule has 2 bridgehead atoms. The van der Waals surface area contributed by atoms with Crippen molar-refractivity contribution in [3.8, 4) is 0 Å². The van der Waals surface area contributed by atoms with Gasteiger partial charge in [0.15, 0.2) is 0 Å². The fourth-order valence-corrected chi connectivity index (χ4v) is 3.79. The largest absolute Gasteiger partial charge is 0.342 e. The van der Waals surface area contributed by atoms with E-state index in [4.69, 9.17) is 0 Å². The van der Waals surface area contributed by atoms with Crippen molar-refractivity contribution in [2.24, 2.45) is 17.8 Å². The molecule has 3 unspecified atom stereocenters. The van der Waals surface area contributed by atoms with Crippen molar-refractivity contribution >= 4 is 13.2 Å². The molecule has 1 heteroatoms. The maximum Gasteiger partial charge on any atom is 0.0370 e. The first-order valence-corrected chi connectivity index (χ1v) is 7.10. The molecule has 3 atom stereocenters. The van der Waals surface area contributed by atoms with Crippen LogP contribution in [0.5, 0.6) is 0 Å². The van der Waals surface area contributed by atoms with Crippen LogP contribution in [0.1, 0.15) is 30.4 Å². The molecule has 0 spiro atoms. The zero-order chi connectivity index (χ0) is 12.9. The molecule has 2 aliphatic carbocycles. The fourth-order valence-electron chi connectivity index (χ4n) is 3.79. The van der Waals surface area contributed by atoms with Crippen LogP contribution in [-0.4, -0.2) is 4.57 Å². The monoisotopic (exact) mass is 241 g/mol. The predicted octanol–water partition coefficient (Wildman–Crippen LogP) is 2.53. The summed E-state index contributed by atoms with van der Waals surface area (Å²) in [5.41, 5.74) is 2.63. The van der Waals surface area contributed by atoms with E-state index < -0.39 is 0 Å². The number of rotatable bonds is 3. The second-order valence-corrected chi connectivity index (χ2v) is 6.12. The van der Waals surface area contributed by atoms with Crippen molar-refractivity contribution < 1.29 is 0 Å². The number of nitrogens with zero attached hydrogens (tertiary/aromatic N) is 1. The second-order valence-electron chi connectivity index (χ2n) is 6.12. The van der Waals surface area contributed by atoms with Gasteiger partial charge in [0.2, 0.25) is 0 Å². The summed E-state index contributed by atoms with van der Waals surface area (Å²) >= 11 is 0. The molecule has 1 fully saturated rings. The van der Waals surface area contributed by atoms with Gasteiger partial charge in [0.25, 0.3) is 0 Å². The number of hydrogen-bond donors (Lipinski definition) is 0. The van der Waals surface area contributed by atoms with E-state index in [9.17, 15) is 0 Å². The Morgan fingerprint density at radius 2 is 1.78 bits per heavy atom. The lowest BCUT2D eigenvalue weighted by atomic mass is 9.90. The Balaban J connectivity index is 1.75. The SMILES string of the molecule is C=c1c(C)c(C)c(=C)n1CCC1CC2C=CC1C2. The Morgan fingerprint density at radius 3 is 2.28 bits per heavy atom. The normalized spacial score (nSPS) is 29.3. The van der Waals surface area contributed by atoms with E-state index in [0.29, 0.717) is 0 Å². The highest BCUT2D eigenvalue weighted by Gasteiger charge is 2.34. The molecule has 1 heterocycles. The highest BCUT2D eigenvalue weighted by atomic mass is 15.0. The first-order chi connectivity index (χ1) is 8.58. The highest BCUT2D eigenvalue weighted by Crippen LogP contribution is 2.44. The molecule has 1 aromatic rings. The van der Waals surface area contributed by atoms with Gasteiger partial charge in [-0.05, 0) is 62.0 Å². The summed E-state index contributed by atoms with van der Waals surface area (Å²) in [4.78, 5) is 0. The minimum Gasteiger partial charge on any atom is -0.342 e. The molecule has 0 saturated heterocycles. The number of aromatic nitrogens is 1. The van der Waals surface area contributed by atoms with E-state index in [1.165, 1.54) is 30.4 Å². The van der Waals surface area contributed by atoms with Gasteiger partial charge in [0.05, 0.1) is 0 Å². The molecule has 18 heavy (non-hydrogen) atoms. The Labute approximate surface area is 110 Å². The van der Waals surface area contributed by atoms with Crippen LogP contribution in [0, 0.1) is 31.6 Å². The van der Waals surface area contributed by atoms with Gasteiger partial charge in [-0.25, -0.2) is 0 Å². The second kappa shape index (κ2) is 4.15. The summed E-state index contributed by atoms with van der Waals surface area (Å²) in [5, 5.41) is 2.33. The molecule has 2 aliphatic rings. The van der Waals surface area contributed by atoms with E-state index in [1.807, 2.05) is 0 Å². The Morgan fingerprint density at radius 1 is 1.11 bits per heavy atom. The molecular weight excluding hydrogens is 218 g/mol. The van der Waals surface area contributed by atoms with E-state index in [-0.39, 0.29) is 0 Å².